The molecular formula is C16H21N2OS+. The molecule has 2 unspecified atom stereocenters. The lowest BCUT2D eigenvalue weighted by Crippen LogP contribution is -2.59. The van der Waals surface area contributed by atoms with E-state index >= 15 is 0 Å². The number of hydrogen-bond acceptors (Lipinski definition) is 3. The Kier molecular flexibility index (Phi) is 2.88. The number of allylic oxidation sites excluding steroid dienone is 1. The van der Waals surface area contributed by atoms with Crippen LogP contribution in [0.5, 0.6) is 0 Å². The summed E-state index contributed by atoms with van der Waals surface area (Å²) in [5, 5.41) is 2.07. The van der Waals surface area contributed by atoms with Crippen LogP contribution in [0.4, 0.5) is 5.69 Å². The molecule has 4 aliphatic rings. The maximum absolute atomic E-state index is 12.0. The molecule has 0 radical (unpaired) electrons. The molecule has 5 heterocycles. The molecule has 0 spiro atoms. The molecule has 2 bridgehead atoms. The van der Waals surface area contributed by atoms with Crippen LogP contribution in [0.1, 0.15) is 35.4 Å². The SMILES string of the molecule is C[N+]1(C2CCC3CCN2CC3)C=CC(=O)c2sccc21. The number of carbonyl (C=O) groups is 1. The van der Waals surface area contributed by atoms with E-state index < -0.39 is 0 Å². The number of carbonyl (C=O) groups excluding carboxylic acids is 1. The standard InChI is InChI=1S/C16H21N2OS/c1-18(10-6-14(19)16-13(18)7-11-20-16)15-3-2-12-4-8-17(15)9-5-12/h6-7,10-12,15H,2-5,8-9H2,1H3/q+1. The fraction of sp³-hybridized carbons (Fsp3) is 0.562. The van der Waals surface area contributed by atoms with Gasteiger partial charge in [-0.25, -0.2) is 0 Å². The molecule has 1 aromatic heterocycles. The first-order valence-corrected chi connectivity index (χ1v) is 8.48. The highest BCUT2D eigenvalue weighted by atomic mass is 32.1. The zero-order chi connectivity index (χ0) is 13.7. The van der Waals surface area contributed by atoms with Gasteiger partial charge in [-0.05, 0) is 30.6 Å². The number of hydrogen-bond donors (Lipinski definition) is 0. The van der Waals surface area contributed by atoms with Gasteiger partial charge in [-0.3, -0.25) is 14.2 Å². The molecule has 2 atom stereocenters. The van der Waals surface area contributed by atoms with E-state index in [0.29, 0.717) is 6.17 Å². The van der Waals surface area contributed by atoms with Gasteiger partial charge in [0.1, 0.15) is 11.1 Å². The molecule has 106 valence electrons. The second kappa shape index (κ2) is 4.52. The molecule has 0 amide bonds. The van der Waals surface area contributed by atoms with Crippen molar-refractivity contribution >= 4 is 22.8 Å². The van der Waals surface area contributed by atoms with Gasteiger partial charge in [-0.2, -0.15) is 0 Å². The van der Waals surface area contributed by atoms with Crippen LogP contribution in [0.25, 0.3) is 0 Å². The lowest BCUT2D eigenvalue weighted by molar-refractivity contribution is 0.0839. The molecule has 3 saturated heterocycles. The first-order valence-electron chi connectivity index (χ1n) is 7.60. The average molecular weight is 289 g/mol. The van der Waals surface area contributed by atoms with Crippen LogP contribution in [-0.4, -0.2) is 37.0 Å². The second-order valence-electron chi connectivity index (χ2n) is 6.50. The monoisotopic (exact) mass is 289 g/mol. The Morgan fingerprint density at radius 1 is 1.25 bits per heavy atom. The van der Waals surface area contributed by atoms with E-state index in [9.17, 15) is 4.79 Å². The number of thiophene rings is 1. The zero-order valence-electron chi connectivity index (χ0n) is 11.9. The van der Waals surface area contributed by atoms with Crippen molar-refractivity contribution in [2.24, 2.45) is 5.92 Å². The van der Waals surface area contributed by atoms with Crippen LogP contribution < -0.4 is 4.48 Å². The fourth-order valence-corrected chi connectivity index (χ4v) is 5.12. The number of quaternary nitrogens is 1. The molecule has 0 saturated carbocycles. The Bertz CT molecular complexity index is 571. The molecule has 5 rings (SSSR count). The summed E-state index contributed by atoms with van der Waals surface area (Å²) in [5.74, 6) is 1.11. The molecule has 20 heavy (non-hydrogen) atoms. The van der Waals surface area contributed by atoms with E-state index in [4.69, 9.17) is 0 Å². The van der Waals surface area contributed by atoms with Crippen LogP contribution in [-0.2, 0) is 0 Å². The predicted molar refractivity (Wildman–Crippen MR) is 82.8 cm³/mol. The Hall–Kier alpha value is -0.970. The molecule has 0 aromatic carbocycles. The van der Waals surface area contributed by atoms with Crippen molar-refractivity contribution < 1.29 is 4.79 Å². The van der Waals surface area contributed by atoms with Gasteiger partial charge in [0.2, 0.25) is 5.78 Å². The Morgan fingerprint density at radius 2 is 2.05 bits per heavy atom. The second-order valence-corrected chi connectivity index (χ2v) is 7.42. The first kappa shape index (κ1) is 12.7. The highest BCUT2D eigenvalue weighted by Gasteiger charge is 2.45. The number of rotatable bonds is 1. The third-order valence-electron chi connectivity index (χ3n) is 5.45. The average Bonchev–Trinajstić information content (AvgIpc) is 2.78. The van der Waals surface area contributed by atoms with E-state index in [1.165, 1.54) is 44.5 Å². The summed E-state index contributed by atoms with van der Waals surface area (Å²) in [6.45, 7) is 2.45. The molecule has 1 aromatic rings. The van der Waals surface area contributed by atoms with E-state index in [2.05, 4.69) is 29.6 Å². The van der Waals surface area contributed by atoms with Crippen molar-refractivity contribution in [3.05, 3.63) is 28.6 Å². The van der Waals surface area contributed by atoms with Gasteiger partial charge in [-0.1, -0.05) is 0 Å². The van der Waals surface area contributed by atoms with Gasteiger partial charge < -0.3 is 0 Å². The molecule has 4 heteroatoms. The predicted octanol–water partition coefficient (Wildman–Crippen LogP) is 3.23. The largest absolute Gasteiger partial charge is 0.288 e. The summed E-state index contributed by atoms with van der Waals surface area (Å²) in [6.07, 6.45) is 9.72. The number of nitrogens with zero attached hydrogens (tertiary/aromatic N) is 2. The smallest absolute Gasteiger partial charge is 0.207 e. The van der Waals surface area contributed by atoms with E-state index in [-0.39, 0.29) is 5.78 Å². The van der Waals surface area contributed by atoms with E-state index in [1.54, 1.807) is 17.4 Å². The Morgan fingerprint density at radius 3 is 2.85 bits per heavy atom. The summed E-state index contributed by atoms with van der Waals surface area (Å²) in [5.41, 5.74) is 1.21. The highest BCUT2D eigenvalue weighted by Crippen LogP contribution is 2.42. The molecule has 0 N–H and O–H groups in total. The van der Waals surface area contributed by atoms with Gasteiger partial charge in [0, 0.05) is 31.7 Å². The summed E-state index contributed by atoms with van der Waals surface area (Å²) >= 11 is 1.59. The lowest BCUT2D eigenvalue weighted by atomic mass is 9.95. The minimum atomic E-state index is 0.179. The van der Waals surface area contributed by atoms with Gasteiger partial charge in [-0.15, -0.1) is 11.3 Å². The van der Waals surface area contributed by atoms with Gasteiger partial charge in [0.05, 0.1) is 7.05 Å². The minimum absolute atomic E-state index is 0.179. The minimum Gasteiger partial charge on any atom is -0.288 e. The fourth-order valence-electron chi connectivity index (χ4n) is 4.22. The molecular weight excluding hydrogens is 268 g/mol. The van der Waals surface area contributed by atoms with Crippen molar-refractivity contribution in [3.63, 3.8) is 0 Å². The van der Waals surface area contributed by atoms with Crippen LogP contribution in [0.3, 0.4) is 0 Å². The van der Waals surface area contributed by atoms with Crippen molar-refractivity contribution in [1.82, 2.24) is 9.38 Å². The van der Waals surface area contributed by atoms with Crippen LogP contribution in [0.15, 0.2) is 23.7 Å². The molecule has 3 fully saturated rings. The molecule has 3 nitrogen and oxygen atoms in total. The topological polar surface area (TPSA) is 20.3 Å². The highest BCUT2D eigenvalue weighted by molar-refractivity contribution is 7.12. The number of ketones is 1. The van der Waals surface area contributed by atoms with Gasteiger partial charge in [0.25, 0.3) is 0 Å². The third-order valence-corrected chi connectivity index (χ3v) is 6.36. The first-order chi connectivity index (χ1) is 9.68. The maximum atomic E-state index is 12.0. The lowest BCUT2D eigenvalue weighted by Gasteiger charge is -2.44. The van der Waals surface area contributed by atoms with E-state index in [0.717, 1.165) is 15.3 Å². The summed E-state index contributed by atoms with van der Waals surface area (Å²) in [6, 6.07) is 2.15. The van der Waals surface area contributed by atoms with Gasteiger partial charge in [0.15, 0.2) is 11.9 Å². The van der Waals surface area contributed by atoms with Crippen LogP contribution >= 0.6 is 11.3 Å². The number of piperidine rings is 1. The number of fused-ring (bicyclic) bond motifs is 5. The van der Waals surface area contributed by atoms with Crippen molar-refractivity contribution in [3.8, 4) is 0 Å². The quantitative estimate of drug-likeness (QED) is 0.740. The van der Waals surface area contributed by atoms with Gasteiger partial charge >= 0.3 is 0 Å². The van der Waals surface area contributed by atoms with Crippen LogP contribution in [0.2, 0.25) is 0 Å². The molecule has 0 aliphatic carbocycles. The maximum Gasteiger partial charge on any atom is 0.207 e. The summed E-state index contributed by atoms with van der Waals surface area (Å²) in [4.78, 5) is 15.6. The van der Waals surface area contributed by atoms with E-state index in [1.807, 2.05) is 0 Å². The third kappa shape index (κ3) is 1.75. The van der Waals surface area contributed by atoms with Crippen molar-refractivity contribution in [1.29, 1.82) is 0 Å². The Labute approximate surface area is 124 Å². The van der Waals surface area contributed by atoms with Crippen LogP contribution in [0, 0.1) is 5.92 Å². The van der Waals surface area contributed by atoms with Crippen molar-refractivity contribution in [2.75, 3.05) is 20.1 Å². The normalized spacial score (nSPS) is 39.6. The molecule has 4 aliphatic heterocycles. The Balaban J connectivity index is 1.77. The summed E-state index contributed by atoms with van der Waals surface area (Å²) < 4.78 is 0.789. The zero-order valence-corrected chi connectivity index (χ0v) is 12.7. The van der Waals surface area contributed by atoms with Crippen molar-refractivity contribution in [2.45, 2.75) is 31.8 Å². The summed E-state index contributed by atoms with van der Waals surface area (Å²) in [7, 11) is 2.28.